The summed E-state index contributed by atoms with van der Waals surface area (Å²) in [6.07, 6.45) is 2.77. The Morgan fingerprint density at radius 2 is 2.21 bits per heavy atom. The Bertz CT molecular complexity index is 485. The molecule has 0 radical (unpaired) electrons. The summed E-state index contributed by atoms with van der Waals surface area (Å²) in [5, 5.41) is 3.87. The standard InChI is InChI=1S/C11H12N2O/c1-8-6-13(2)11-5-9(12-7-14)3-4-10(8)11/h3-7H,1-2H3,(H,12,14). The number of nitrogens with one attached hydrogen (secondary N) is 1. The minimum atomic E-state index is 0.691. The number of nitrogens with zero attached hydrogens (tertiary/aromatic N) is 1. The van der Waals surface area contributed by atoms with Crippen LogP contribution in [0.2, 0.25) is 0 Å². The van der Waals surface area contributed by atoms with E-state index in [1.54, 1.807) is 0 Å². The van der Waals surface area contributed by atoms with E-state index >= 15 is 0 Å². The number of amides is 1. The van der Waals surface area contributed by atoms with Crippen molar-refractivity contribution in [3.63, 3.8) is 0 Å². The van der Waals surface area contributed by atoms with E-state index in [0.29, 0.717) is 6.41 Å². The number of rotatable bonds is 2. The highest BCUT2D eigenvalue weighted by molar-refractivity contribution is 5.88. The Balaban J connectivity index is 2.64. The van der Waals surface area contributed by atoms with E-state index in [4.69, 9.17) is 0 Å². The van der Waals surface area contributed by atoms with E-state index in [9.17, 15) is 4.79 Å². The molecule has 1 aromatic heterocycles. The first kappa shape index (κ1) is 8.81. The van der Waals surface area contributed by atoms with Crippen molar-refractivity contribution in [2.75, 3.05) is 5.32 Å². The van der Waals surface area contributed by atoms with Crippen molar-refractivity contribution in [2.45, 2.75) is 6.92 Å². The van der Waals surface area contributed by atoms with Gasteiger partial charge in [0.2, 0.25) is 6.41 Å². The van der Waals surface area contributed by atoms with Crippen LogP contribution in [0.15, 0.2) is 24.4 Å². The number of fused-ring (bicyclic) bond motifs is 1. The zero-order valence-corrected chi connectivity index (χ0v) is 8.24. The molecule has 1 aromatic carbocycles. The van der Waals surface area contributed by atoms with E-state index in [1.165, 1.54) is 10.9 Å². The minimum Gasteiger partial charge on any atom is -0.350 e. The molecule has 3 heteroatoms. The van der Waals surface area contributed by atoms with Crippen molar-refractivity contribution in [1.82, 2.24) is 4.57 Å². The molecule has 0 unspecified atom stereocenters. The first-order valence-electron chi connectivity index (χ1n) is 4.48. The Labute approximate surface area is 82.3 Å². The molecule has 72 valence electrons. The van der Waals surface area contributed by atoms with Gasteiger partial charge in [-0.3, -0.25) is 4.79 Å². The molecule has 0 aliphatic heterocycles. The highest BCUT2D eigenvalue weighted by Gasteiger charge is 2.02. The number of aromatic nitrogens is 1. The predicted octanol–water partition coefficient (Wildman–Crippen LogP) is 2.06. The lowest BCUT2D eigenvalue weighted by atomic mass is 10.2. The molecule has 1 heterocycles. The van der Waals surface area contributed by atoms with Crippen LogP contribution >= 0.6 is 0 Å². The SMILES string of the molecule is Cc1cn(C)c2cc(NC=O)ccc12. The van der Waals surface area contributed by atoms with Crippen molar-refractivity contribution in [3.05, 3.63) is 30.0 Å². The maximum Gasteiger partial charge on any atom is 0.211 e. The monoisotopic (exact) mass is 188 g/mol. The first-order valence-corrected chi connectivity index (χ1v) is 4.48. The van der Waals surface area contributed by atoms with Crippen LogP contribution in [0.1, 0.15) is 5.56 Å². The van der Waals surface area contributed by atoms with E-state index in [0.717, 1.165) is 11.2 Å². The zero-order valence-electron chi connectivity index (χ0n) is 8.24. The average molecular weight is 188 g/mol. The largest absolute Gasteiger partial charge is 0.350 e. The maximum atomic E-state index is 10.3. The predicted molar refractivity (Wildman–Crippen MR) is 57.3 cm³/mol. The number of aryl methyl sites for hydroxylation is 2. The quantitative estimate of drug-likeness (QED) is 0.719. The molecular weight excluding hydrogens is 176 g/mol. The summed E-state index contributed by atoms with van der Waals surface area (Å²) >= 11 is 0. The van der Waals surface area contributed by atoms with Gasteiger partial charge in [-0.2, -0.15) is 0 Å². The summed E-state index contributed by atoms with van der Waals surface area (Å²) in [6.45, 7) is 2.08. The smallest absolute Gasteiger partial charge is 0.211 e. The highest BCUT2D eigenvalue weighted by Crippen LogP contribution is 2.22. The number of hydrogen-bond donors (Lipinski definition) is 1. The van der Waals surface area contributed by atoms with E-state index in [-0.39, 0.29) is 0 Å². The number of hydrogen-bond acceptors (Lipinski definition) is 1. The molecule has 0 aliphatic rings. The number of carbonyl (C=O) groups excluding carboxylic acids is 1. The van der Waals surface area contributed by atoms with E-state index in [1.807, 2.05) is 25.2 Å². The van der Waals surface area contributed by atoms with Gasteiger partial charge in [0.1, 0.15) is 0 Å². The van der Waals surface area contributed by atoms with Crippen molar-refractivity contribution in [3.8, 4) is 0 Å². The van der Waals surface area contributed by atoms with Gasteiger partial charge in [0.05, 0.1) is 5.52 Å². The molecule has 1 amide bonds. The second kappa shape index (κ2) is 3.18. The van der Waals surface area contributed by atoms with Gasteiger partial charge in [0.15, 0.2) is 0 Å². The van der Waals surface area contributed by atoms with Gasteiger partial charge < -0.3 is 9.88 Å². The maximum absolute atomic E-state index is 10.3. The van der Waals surface area contributed by atoms with Gasteiger partial charge >= 0.3 is 0 Å². The fourth-order valence-corrected chi connectivity index (χ4v) is 1.74. The Kier molecular flexibility index (Phi) is 2.00. The topological polar surface area (TPSA) is 34.0 Å². The van der Waals surface area contributed by atoms with Crippen LogP contribution in [0.4, 0.5) is 5.69 Å². The second-order valence-corrected chi connectivity index (χ2v) is 3.42. The van der Waals surface area contributed by atoms with Gasteiger partial charge in [-0.05, 0) is 24.6 Å². The van der Waals surface area contributed by atoms with Gasteiger partial charge in [-0.15, -0.1) is 0 Å². The molecule has 0 saturated heterocycles. The molecule has 2 rings (SSSR count). The summed E-state index contributed by atoms with van der Waals surface area (Å²) in [5.41, 5.74) is 3.21. The van der Waals surface area contributed by atoms with Crippen LogP contribution < -0.4 is 5.32 Å². The molecule has 3 nitrogen and oxygen atoms in total. The van der Waals surface area contributed by atoms with Crippen molar-refractivity contribution < 1.29 is 4.79 Å². The fraction of sp³-hybridized carbons (Fsp3) is 0.182. The molecule has 0 atom stereocenters. The van der Waals surface area contributed by atoms with Crippen molar-refractivity contribution >= 4 is 23.0 Å². The van der Waals surface area contributed by atoms with E-state index < -0.39 is 0 Å². The average Bonchev–Trinajstić information content (AvgIpc) is 2.43. The molecule has 1 N–H and O–H groups in total. The third kappa shape index (κ3) is 1.27. The third-order valence-corrected chi connectivity index (χ3v) is 2.42. The summed E-state index contributed by atoms with van der Waals surface area (Å²) in [6, 6.07) is 5.90. The van der Waals surface area contributed by atoms with Crippen LogP contribution in [0.5, 0.6) is 0 Å². The molecule has 0 aliphatic carbocycles. The van der Waals surface area contributed by atoms with Crippen LogP contribution in [0.25, 0.3) is 10.9 Å². The lowest BCUT2D eigenvalue weighted by Gasteiger charge is -2.00. The van der Waals surface area contributed by atoms with Crippen LogP contribution in [-0.4, -0.2) is 11.0 Å². The first-order chi connectivity index (χ1) is 6.72. The third-order valence-electron chi connectivity index (χ3n) is 2.42. The molecular formula is C11H12N2O. The normalized spacial score (nSPS) is 10.4. The van der Waals surface area contributed by atoms with Gasteiger partial charge in [0.25, 0.3) is 0 Å². The lowest BCUT2D eigenvalue weighted by molar-refractivity contribution is -0.105. The molecule has 14 heavy (non-hydrogen) atoms. The van der Waals surface area contributed by atoms with Crippen molar-refractivity contribution in [1.29, 1.82) is 0 Å². The van der Waals surface area contributed by atoms with Crippen LogP contribution in [0.3, 0.4) is 0 Å². The van der Waals surface area contributed by atoms with Gasteiger partial charge in [0, 0.05) is 24.3 Å². The van der Waals surface area contributed by atoms with Gasteiger partial charge in [-0.1, -0.05) is 6.07 Å². The molecule has 2 aromatic rings. The fourth-order valence-electron chi connectivity index (χ4n) is 1.74. The van der Waals surface area contributed by atoms with Crippen LogP contribution in [0, 0.1) is 6.92 Å². The minimum absolute atomic E-state index is 0.691. The summed E-state index contributed by atoms with van der Waals surface area (Å²) in [7, 11) is 2.00. The van der Waals surface area contributed by atoms with Crippen LogP contribution in [-0.2, 0) is 11.8 Å². The summed E-state index contributed by atoms with van der Waals surface area (Å²) < 4.78 is 2.06. The molecule has 0 spiro atoms. The highest BCUT2D eigenvalue weighted by atomic mass is 16.1. The Morgan fingerprint density at radius 1 is 1.43 bits per heavy atom. The molecule has 0 fully saturated rings. The number of anilines is 1. The summed E-state index contributed by atoms with van der Waals surface area (Å²) in [4.78, 5) is 10.3. The number of benzene rings is 1. The summed E-state index contributed by atoms with van der Waals surface area (Å²) in [5.74, 6) is 0. The van der Waals surface area contributed by atoms with E-state index in [2.05, 4.69) is 23.0 Å². The zero-order chi connectivity index (χ0) is 10.1. The molecule has 0 saturated carbocycles. The lowest BCUT2D eigenvalue weighted by Crippen LogP contribution is -1.93. The van der Waals surface area contributed by atoms with Gasteiger partial charge in [-0.25, -0.2) is 0 Å². The Hall–Kier alpha value is -1.77. The Morgan fingerprint density at radius 3 is 2.93 bits per heavy atom. The number of carbonyl (C=O) groups is 1. The van der Waals surface area contributed by atoms with Crippen molar-refractivity contribution in [2.24, 2.45) is 7.05 Å². The second-order valence-electron chi connectivity index (χ2n) is 3.42. The molecule has 0 bridgehead atoms.